The number of hydrogen-bond donors (Lipinski definition) is 1. The standard InChI is InChI=1S/C28H31F3N4O2/c1-18(2)11-12-35-25-6-4-3-5-24(25)26(33-35)27(36)32-21-13-22-16-37-17-23(14-21)34(22)15-19-7-9-20(10-8-19)28(29,30)31/h3-11,21-23H,12-17H2,1-2H3,(H,32,36)/t21?,22-,23+. The van der Waals surface area contributed by atoms with E-state index >= 15 is 0 Å². The minimum atomic E-state index is -4.34. The molecule has 0 spiro atoms. The molecule has 2 aromatic carbocycles. The second-order valence-electron chi connectivity index (χ2n) is 10.2. The smallest absolute Gasteiger partial charge is 0.378 e. The predicted molar refractivity (Wildman–Crippen MR) is 135 cm³/mol. The van der Waals surface area contributed by atoms with Crippen LogP contribution in [0.5, 0.6) is 0 Å². The molecule has 3 heterocycles. The van der Waals surface area contributed by atoms with Crippen LogP contribution in [0, 0.1) is 0 Å². The van der Waals surface area contributed by atoms with Crippen LogP contribution in [0.15, 0.2) is 60.2 Å². The van der Waals surface area contributed by atoms with E-state index in [0.29, 0.717) is 44.8 Å². The maximum Gasteiger partial charge on any atom is 0.416 e. The van der Waals surface area contributed by atoms with E-state index in [1.807, 2.05) is 42.8 Å². The van der Waals surface area contributed by atoms with E-state index < -0.39 is 11.7 Å². The van der Waals surface area contributed by atoms with Crippen molar-refractivity contribution in [1.29, 1.82) is 0 Å². The van der Waals surface area contributed by atoms with Crippen molar-refractivity contribution in [2.75, 3.05) is 13.2 Å². The Hall–Kier alpha value is -3.17. The number of amides is 1. The molecule has 2 aliphatic heterocycles. The van der Waals surface area contributed by atoms with Gasteiger partial charge in [-0.25, -0.2) is 0 Å². The molecule has 9 heteroatoms. The normalized spacial score (nSPS) is 22.1. The van der Waals surface area contributed by atoms with Crippen LogP contribution in [0.4, 0.5) is 13.2 Å². The number of allylic oxidation sites excluding steroid dienone is 2. The molecule has 3 aromatic rings. The molecule has 0 saturated carbocycles. The van der Waals surface area contributed by atoms with Gasteiger partial charge in [-0.3, -0.25) is 14.4 Å². The Morgan fingerprint density at radius 1 is 1.08 bits per heavy atom. The van der Waals surface area contributed by atoms with E-state index in [0.717, 1.165) is 28.6 Å². The highest BCUT2D eigenvalue weighted by atomic mass is 19.4. The molecular formula is C28H31F3N4O2. The summed E-state index contributed by atoms with van der Waals surface area (Å²) < 4.78 is 46.4. The molecule has 2 saturated heterocycles. The van der Waals surface area contributed by atoms with E-state index in [1.54, 1.807) is 12.1 Å². The Morgan fingerprint density at radius 3 is 2.41 bits per heavy atom. The SMILES string of the molecule is CC(C)=CCn1nc(C(=O)NC2C[C@H]3COC[C@@H](C2)N3Cc2ccc(C(F)(F)F)cc2)c2ccccc21. The number of hydrogen-bond acceptors (Lipinski definition) is 4. The average Bonchev–Trinajstić information content (AvgIpc) is 3.22. The number of aromatic nitrogens is 2. The molecule has 0 aliphatic carbocycles. The van der Waals surface area contributed by atoms with Gasteiger partial charge in [-0.1, -0.05) is 42.0 Å². The zero-order valence-corrected chi connectivity index (χ0v) is 21.0. The Kier molecular flexibility index (Phi) is 7.09. The van der Waals surface area contributed by atoms with Gasteiger partial charge in [0, 0.05) is 30.1 Å². The number of para-hydroxylation sites is 1. The van der Waals surface area contributed by atoms with Crippen molar-refractivity contribution in [3.8, 4) is 0 Å². The Balaban J connectivity index is 1.28. The number of halogens is 3. The molecule has 6 nitrogen and oxygen atoms in total. The molecule has 1 unspecified atom stereocenters. The summed E-state index contributed by atoms with van der Waals surface area (Å²) in [6.45, 7) is 6.28. The van der Waals surface area contributed by atoms with Gasteiger partial charge in [0.25, 0.3) is 5.91 Å². The van der Waals surface area contributed by atoms with E-state index in [1.165, 1.54) is 5.57 Å². The first-order chi connectivity index (χ1) is 17.7. The van der Waals surface area contributed by atoms with E-state index in [2.05, 4.69) is 21.4 Å². The van der Waals surface area contributed by atoms with Crippen LogP contribution in [-0.2, 0) is 24.0 Å². The fraction of sp³-hybridized carbons (Fsp3) is 0.429. The largest absolute Gasteiger partial charge is 0.416 e. The number of alkyl halides is 3. The van der Waals surface area contributed by atoms with E-state index in [4.69, 9.17) is 4.74 Å². The first-order valence-corrected chi connectivity index (χ1v) is 12.6. The fourth-order valence-corrected chi connectivity index (χ4v) is 5.33. The highest BCUT2D eigenvalue weighted by Crippen LogP contribution is 2.32. The van der Waals surface area contributed by atoms with Crippen LogP contribution in [-0.4, -0.2) is 51.9 Å². The topological polar surface area (TPSA) is 59.4 Å². The lowest BCUT2D eigenvalue weighted by molar-refractivity contribution is -0.137. The highest BCUT2D eigenvalue weighted by molar-refractivity contribution is 6.05. The summed E-state index contributed by atoms with van der Waals surface area (Å²) in [5.41, 5.74) is 2.72. The van der Waals surface area contributed by atoms with Gasteiger partial charge in [0.15, 0.2) is 5.69 Å². The number of nitrogens with zero attached hydrogens (tertiary/aromatic N) is 3. The van der Waals surface area contributed by atoms with Crippen molar-refractivity contribution >= 4 is 16.8 Å². The highest BCUT2D eigenvalue weighted by Gasteiger charge is 2.40. The number of piperidine rings is 1. The second-order valence-corrected chi connectivity index (χ2v) is 10.2. The number of ether oxygens (including phenoxy) is 1. The van der Waals surface area contributed by atoms with Crippen LogP contribution < -0.4 is 5.32 Å². The third-order valence-corrected chi connectivity index (χ3v) is 7.20. The number of morpholine rings is 1. The first-order valence-electron chi connectivity index (χ1n) is 12.6. The number of fused-ring (bicyclic) bond motifs is 3. The van der Waals surface area contributed by atoms with Crippen molar-refractivity contribution in [3.05, 3.63) is 77.0 Å². The Labute approximate surface area is 214 Å². The third kappa shape index (κ3) is 5.57. The van der Waals surface area contributed by atoms with Crippen LogP contribution in [0.1, 0.15) is 48.3 Å². The summed E-state index contributed by atoms with van der Waals surface area (Å²) in [6, 6.07) is 13.2. The van der Waals surface area contributed by atoms with Gasteiger partial charge in [-0.05, 0) is 50.5 Å². The molecule has 2 fully saturated rings. The quantitative estimate of drug-likeness (QED) is 0.463. The van der Waals surface area contributed by atoms with Gasteiger partial charge in [0.05, 0.1) is 30.8 Å². The molecule has 0 radical (unpaired) electrons. The maximum absolute atomic E-state index is 13.3. The van der Waals surface area contributed by atoms with Crippen LogP contribution in [0.25, 0.3) is 10.9 Å². The van der Waals surface area contributed by atoms with Crippen molar-refractivity contribution in [2.45, 2.75) is 64.1 Å². The summed E-state index contributed by atoms with van der Waals surface area (Å²) in [5.74, 6) is -0.188. The molecule has 1 N–H and O–H groups in total. The molecular weight excluding hydrogens is 481 g/mol. The van der Waals surface area contributed by atoms with Crippen molar-refractivity contribution < 1.29 is 22.7 Å². The van der Waals surface area contributed by atoms with Gasteiger partial charge in [0.2, 0.25) is 0 Å². The van der Waals surface area contributed by atoms with Gasteiger partial charge in [-0.15, -0.1) is 0 Å². The minimum Gasteiger partial charge on any atom is -0.378 e. The summed E-state index contributed by atoms with van der Waals surface area (Å²) in [7, 11) is 0. The molecule has 2 bridgehead atoms. The lowest BCUT2D eigenvalue weighted by atomic mass is 9.89. The fourth-order valence-electron chi connectivity index (χ4n) is 5.33. The molecule has 2 aliphatic rings. The molecule has 3 atom stereocenters. The summed E-state index contributed by atoms with van der Waals surface area (Å²) in [6.07, 6.45) is -0.848. The second kappa shape index (κ2) is 10.3. The number of carbonyl (C=O) groups excluding carboxylic acids is 1. The summed E-state index contributed by atoms with van der Waals surface area (Å²) >= 11 is 0. The van der Waals surface area contributed by atoms with Gasteiger partial charge in [-0.2, -0.15) is 18.3 Å². The Morgan fingerprint density at radius 2 is 1.76 bits per heavy atom. The van der Waals surface area contributed by atoms with E-state index in [-0.39, 0.29) is 24.0 Å². The van der Waals surface area contributed by atoms with Crippen LogP contribution in [0.3, 0.4) is 0 Å². The monoisotopic (exact) mass is 512 g/mol. The van der Waals surface area contributed by atoms with E-state index in [9.17, 15) is 18.0 Å². The van der Waals surface area contributed by atoms with Crippen molar-refractivity contribution in [3.63, 3.8) is 0 Å². The van der Waals surface area contributed by atoms with Crippen molar-refractivity contribution in [1.82, 2.24) is 20.0 Å². The van der Waals surface area contributed by atoms with Gasteiger partial charge < -0.3 is 10.1 Å². The number of carbonyl (C=O) groups is 1. The summed E-state index contributed by atoms with van der Waals surface area (Å²) in [4.78, 5) is 15.6. The third-order valence-electron chi connectivity index (χ3n) is 7.20. The number of benzene rings is 2. The van der Waals surface area contributed by atoms with Crippen molar-refractivity contribution in [2.24, 2.45) is 0 Å². The predicted octanol–water partition coefficient (Wildman–Crippen LogP) is 5.18. The van der Waals surface area contributed by atoms with Gasteiger partial charge in [0.1, 0.15) is 0 Å². The maximum atomic E-state index is 13.3. The lowest BCUT2D eigenvalue weighted by Gasteiger charge is -2.48. The average molecular weight is 513 g/mol. The molecule has 1 amide bonds. The van der Waals surface area contributed by atoms with Gasteiger partial charge >= 0.3 is 6.18 Å². The van der Waals surface area contributed by atoms with Crippen LogP contribution in [0.2, 0.25) is 0 Å². The molecule has 196 valence electrons. The molecule has 5 rings (SSSR count). The number of nitrogens with one attached hydrogen (secondary N) is 1. The number of rotatable bonds is 6. The molecule has 1 aromatic heterocycles. The van der Waals surface area contributed by atoms with Crippen LogP contribution >= 0.6 is 0 Å². The first kappa shape index (κ1) is 25.5. The zero-order chi connectivity index (χ0) is 26.2. The lowest BCUT2D eigenvalue weighted by Crippen LogP contribution is -2.60. The zero-order valence-electron chi connectivity index (χ0n) is 21.0. The Bertz CT molecular complexity index is 1280. The minimum absolute atomic E-state index is 0.0306. The summed E-state index contributed by atoms with van der Waals surface area (Å²) in [5, 5.41) is 8.67. The molecule has 37 heavy (non-hydrogen) atoms.